The summed E-state index contributed by atoms with van der Waals surface area (Å²) in [5.41, 5.74) is 1.06. The van der Waals surface area contributed by atoms with Crippen molar-refractivity contribution in [1.82, 2.24) is 0 Å². The molecule has 0 aromatic heterocycles. The average Bonchev–Trinajstić information content (AvgIpc) is 2.97. The van der Waals surface area contributed by atoms with E-state index < -0.39 is 5.54 Å². The van der Waals surface area contributed by atoms with E-state index in [1.807, 2.05) is 48.5 Å². The van der Waals surface area contributed by atoms with Crippen LogP contribution in [0.25, 0.3) is 0 Å². The van der Waals surface area contributed by atoms with Gasteiger partial charge in [0.25, 0.3) is 0 Å². The molecule has 5 heteroatoms. The monoisotopic (exact) mass is 328 g/mol. The number of halogens is 1. The predicted molar refractivity (Wildman–Crippen MR) is 88.1 cm³/mol. The van der Waals surface area contributed by atoms with Gasteiger partial charge in [0, 0.05) is 27.2 Å². The van der Waals surface area contributed by atoms with E-state index in [0.29, 0.717) is 17.3 Å². The first kappa shape index (κ1) is 14.0. The van der Waals surface area contributed by atoms with Gasteiger partial charge in [0.2, 0.25) is 0 Å². The molecule has 2 aromatic carbocycles. The van der Waals surface area contributed by atoms with E-state index in [4.69, 9.17) is 11.6 Å². The molecular formula is C17H13ClN2OS. The summed E-state index contributed by atoms with van der Waals surface area (Å²) in [6, 6.07) is 15.4. The molecule has 2 aliphatic heterocycles. The Labute approximate surface area is 137 Å². The molecule has 0 fully saturated rings. The van der Waals surface area contributed by atoms with Crippen molar-refractivity contribution in [1.29, 1.82) is 0 Å². The van der Waals surface area contributed by atoms with Gasteiger partial charge in [0.05, 0.1) is 6.54 Å². The maximum atomic E-state index is 13.1. The SMILES string of the molecule is O=C1c2ccccc2SCC12N=NCC2c1ccc(Cl)cc1. The first-order valence-electron chi connectivity index (χ1n) is 7.11. The number of benzene rings is 2. The number of carbonyl (C=O) groups excluding carboxylic acids is 1. The number of rotatable bonds is 1. The zero-order valence-electron chi connectivity index (χ0n) is 11.7. The van der Waals surface area contributed by atoms with Crippen molar-refractivity contribution in [3.8, 4) is 0 Å². The molecule has 4 rings (SSSR count). The van der Waals surface area contributed by atoms with E-state index in [2.05, 4.69) is 10.2 Å². The lowest BCUT2D eigenvalue weighted by atomic mass is 9.76. The van der Waals surface area contributed by atoms with E-state index in [1.54, 1.807) is 11.8 Å². The summed E-state index contributed by atoms with van der Waals surface area (Å²) < 4.78 is 0. The molecule has 0 saturated heterocycles. The number of fused-ring (bicyclic) bond motifs is 1. The van der Waals surface area contributed by atoms with Crippen molar-refractivity contribution in [3.63, 3.8) is 0 Å². The highest BCUT2D eigenvalue weighted by atomic mass is 35.5. The highest BCUT2D eigenvalue weighted by Gasteiger charge is 2.52. The van der Waals surface area contributed by atoms with Gasteiger partial charge in [0.1, 0.15) is 0 Å². The van der Waals surface area contributed by atoms with Crippen molar-refractivity contribution >= 4 is 29.1 Å². The van der Waals surface area contributed by atoms with Crippen molar-refractivity contribution in [2.45, 2.75) is 16.4 Å². The Bertz CT molecular complexity index is 774. The average molecular weight is 329 g/mol. The van der Waals surface area contributed by atoms with E-state index in [0.717, 1.165) is 16.0 Å². The number of hydrogen-bond donors (Lipinski definition) is 0. The Balaban J connectivity index is 1.78. The van der Waals surface area contributed by atoms with Crippen LogP contribution in [-0.2, 0) is 0 Å². The Hall–Kier alpha value is -1.65. The third kappa shape index (κ3) is 2.02. The summed E-state index contributed by atoms with van der Waals surface area (Å²) in [4.78, 5) is 14.1. The second-order valence-electron chi connectivity index (χ2n) is 5.57. The Morgan fingerprint density at radius 1 is 1.14 bits per heavy atom. The topological polar surface area (TPSA) is 41.8 Å². The zero-order valence-corrected chi connectivity index (χ0v) is 13.3. The van der Waals surface area contributed by atoms with E-state index in [9.17, 15) is 4.79 Å². The Morgan fingerprint density at radius 3 is 2.73 bits per heavy atom. The number of nitrogens with zero attached hydrogens (tertiary/aromatic N) is 2. The van der Waals surface area contributed by atoms with Gasteiger partial charge >= 0.3 is 0 Å². The van der Waals surface area contributed by atoms with Crippen LogP contribution in [0.4, 0.5) is 0 Å². The van der Waals surface area contributed by atoms with Gasteiger partial charge in [-0.3, -0.25) is 4.79 Å². The molecule has 2 atom stereocenters. The molecule has 1 spiro atoms. The van der Waals surface area contributed by atoms with Gasteiger partial charge in [-0.15, -0.1) is 11.8 Å². The predicted octanol–water partition coefficient (Wildman–Crippen LogP) is 4.62. The number of hydrogen-bond acceptors (Lipinski definition) is 4. The fourth-order valence-electron chi connectivity index (χ4n) is 3.15. The van der Waals surface area contributed by atoms with E-state index in [-0.39, 0.29) is 11.7 Å². The van der Waals surface area contributed by atoms with Crippen LogP contribution in [0.15, 0.2) is 63.7 Å². The van der Waals surface area contributed by atoms with Crippen molar-refractivity contribution in [3.05, 3.63) is 64.7 Å². The first-order chi connectivity index (χ1) is 10.7. The van der Waals surface area contributed by atoms with Crippen molar-refractivity contribution in [2.75, 3.05) is 12.3 Å². The van der Waals surface area contributed by atoms with Crippen LogP contribution in [0.1, 0.15) is 21.8 Å². The fourth-order valence-corrected chi connectivity index (χ4v) is 4.53. The number of thioether (sulfide) groups is 1. The summed E-state index contributed by atoms with van der Waals surface area (Å²) >= 11 is 7.66. The zero-order chi connectivity index (χ0) is 15.2. The van der Waals surface area contributed by atoms with Gasteiger partial charge in [-0.1, -0.05) is 41.9 Å². The van der Waals surface area contributed by atoms with Crippen LogP contribution < -0.4 is 0 Å². The molecule has 2 unspecified atom stereocenters. The minimum Gasteiger partial charge on any atom is -0.291 e. The molecule has 22 heavy (non-hydrogen) atoms. The molecular weight excluding hydrogens is 316 g/mol. The first-order valence-corrected chi connectivity index (χ1v) is 8.48. The Kier molecular flexibility index (Phi) is 3.31. The summed E-state index contributed by atoms with van der Waals surface area (Å²) in [5, 5.41) is 9.32. The second-order valence-corrected chi connectivity index (χ2v) is 7.02. The molecule has 0 N–H and O–H groups in total. The Morgan fingerprint density at radius 2 is 1.91 bits per heavy atom. The lowest BCUT2D eigenvalue weighted by Gasteiger charge is -2.34. The molecule has 0 radical (unpaired) electrons. The van der Waals surface area contributed by atoms with Crippen LogP contribution in [-0.4, -0.2) is 23.6 Å². The third-order valence-corrected chi connectivity index (χ3v) is 5.84. The summed E-state index contributed by atoms with van der Waals surface area (Å²) in [5.74, 6) is 0.709. The molecule has 2 aliphatic rings. The van der Waals surface area contributed by atoms with Gasteiger partial charge in [0.15, 0.2) is 11.3 Å². The molecule has 0 bridgehead atoms. The minimum atomic E-state index is -0.771. The fraction of sp³-hybridized carbons (Fsp3) is 0.235. The molecule has 0 saturated carbocycles. The number of ketones is 1. The standard InChI is InChI=1S/C17H13ClN2OS/c18-12-7-5-11(6-8-12)14-9-19-20-17(14)10-22-15-4-2-1-3-13(15)16(17)21/h1-8,14H,9-10H2. The summed E-state index contributed by atoms with van der Waals surface area (Å²) in [6.07, 6.45) is 0. The quantitative estimate of drug-likeness (QED) is 0.766. The van der Waals surface area contributed by atoms with Gasteiger partial charge in [-0.05, 0) is 23.8 Å². The lowest BCUT2D eigenvalue weighted by molar-refractivity contribution is 0.0888. The van der Waals surface area contributed by atoms with Crippen LogP contribution in [0.2, 0.25) is 5.02 Å². The minimum absolute atomic E-state index is 0.0156. The van der Waals surface area contributed by atoms with Crippen LogP contribution in [0.5, 0.6) is 0 Å². The largest absolute Gasteiger partial charge is 0.291 e. The van der Waals surface area contributed by atoms with E-state index >= 15 is 0 Å². The smallest absolute Gasteiger partial charge is 0.194 e. The maximum Gasteiger partial charge on any atom is 0.194 e. The highest BCUT2D eigenvalue weighted by molar-refractivity contribution is 7.99. The van der Waals surface area contributed by atoms with Crippen LogP contribution in [0.3, 0.4) is 0 Å². The van der Waals surface area contributed by atoms with Gasteiger partial charge < -0.3 is 0 Å². The molecule has 0 amide bonds. The van der Waals surface area contributed by atoms with Crippen LogP contribution >= 0.6 is 23.4 Å². The third-order valence-electron chi connectivity index (χ3n) is 4.33. The highest BCUT2D eigenvalue weighted by Crippen LogP contribution is 2.47. The van der Waals surface area contributed by atoms with Gasteiger partial charge in [-0.2, -0.15) is 10.2 Å². The maximum absolute atomic E-state index is 13.1. The summed E-state index contributed by atoms with van der Waals surface area (Å²) in [6.45, 7) is 0.552. The molecule has 2 aromatic rings. The number of Topliss-reactive ketones (excluding diaryl/α,β-unsaturated/α-hetero) is 1. The molecule has 2 heterocycles. The van der Waals surface area contributed by atoms with Crippen LogP contribution in [0, 0.1) is 0 Å². The normalized spacial score (nSPS) is 26.4. The second kappa shape index (κ2) is 5.21. The number of azo groups is 1. The van der Waals surface area contributed by atoms with Gasteiger partial charge in [-0.25, -0.2) is 0 Å². The molecule has 110 valence electrons. The van der Waals surface area contributed by atoms with E-state index in [1.165, 1.54) is 0 Å². The summed E-state index contributed by atoms with van der Waals surface area (Å²) in [7, 11) is 0. The number of carbonyl (C=O) groups is 1. The lowest BCUT2D eigenvalue weighted by Crippen LogP contribution is -2.46. The van der Waals surface area contributed by atoms with Crippen molar-refractivity contribution < 1.29 is 4.79 Å². The molecule has 0 aliphatic carbocycles. The van der Waals surface area contributed by atoms with Crippen molar-refractivity contribution in [2.24, 2.45) is 10.2 Å². The molecule has 3 nitrogen and oxygen atoms in total.